The maximum Gasteiger partial charge on any atom is 0.0645 e. The summed E-state index contributed by atoms with van der Waals surface area (Å²) in [5, 5.41) is 0. The Bertz CT molecular complexity index is 183. The molecule has 0 bridgehead atoms. The first-order valence-corrected chi connectivity index (χ1v) is 6.38. The Hall–Kier alpha value is -0.120. The van der Waals surface area contributed by atoms with E-state index in [0.717, 1.165) is 25.8 Å². The molecule has 1 atom stereocenters. The van der Waals surface area contributed by atoms with E-state index in [-0.39, 0.29) is 0 Å². The van der Waals surface area contributed by atoms with E-state index in [1.807, 2.05) is 0 Å². The molecule has 0 amide bonds. The van der Waals surface area contributed by atoms with Gasteiger partial charge in [0, 0.05) is 18.6 Å². The fourth-order valence-corrected chi connectivity index (χ4v) is 2.91. The molecule has 1 aliphatic carbocycles. The molecular weight excluding hydrogens is 188 g/mol. The number of hydrogen-bond donors (Lipinski definition) is 1. The van der Waals surface area contributed by atoms with Gasteiger partial charge in [0.1, 0.15) is 0 Å². The van der Waals surface area contributed by atoms with Crippen molar-refractivity contribution >= 4 is 0 Å². The second-order valence-electron chi connectivity index (χ2n) is 5.02. The van der Waals surface area contributed by atoms with Crippen molar-refractivity contribution in [3.8, 4) is 0 Å². The van der Waals surface area contributed by atoms with Crippen LogP contribution in [-0.4, -0.2) is 42.8 Å². The molecule has 0 radical (unpaired) electrons. The van der Waals surface area contributed by atoms with Gasteiger partial charge in [0.2, 0.25) is 0 Å². The van der Waals surface area contributed by atoms with E-state index in [1.54, 1.807) is 0 Å². The fraction of sp³-hybridized carbons (Fsp3) is 1.00. The van der Waals surface area contributed by atoms with Crippen molar-refractivity contribution in [2.75, 3.05) is 19.8 Å². The maximum atomic E-state index is 5.81. The molecule has 88 valence electrons. The third kappa shape index (κ3) is 2.52. The maximum absolute atomic E-state index is 5.81. The average molecular weight is 212 g/mol. The lowest BCUT2D eigenvalue weighted by Crippen LogP contribution is -2.58. The molecular formula is C12H24N2O. The van der Waals surface area contributed by atoms with Gasteiger partial charge in [-0.05, 0) is 19.8 Å². The van der Waals surface area contributed by atoms with Crippen LogP contribution in [0.4, 0.5) is 0 Å². The Balaban J connectivity index is 1.95. The van der Waals surface area contributed by atoms with Gasteiger partial charge in [0.05, 0.1) is 19.3 Å². The summed E-state index contributed by atoms with van der Waals surface area (Å²) in [6, 6.07) is 1.93. The molecule has 1 unspecified atom stereocenters. The molecule has 1 heterocycles. The molecule has 2 aliphatic rings. The predicted octanol–water partition coefficient (Wildman–Crippen LogP) is 1.37. The zero-order chi connectivity index (χ0) is 10.7. The highest BCUT2D eigenvalue weighted by molar-refractivity contribution is 4.88. The first-order chi connectivity index (χ1) is 7.33. The smallest absolute Gasteiger partial charge is 0.0645 e. The zero-order valence-corrected chi connectivity index (χ0v) is 9.82. The van der Waals surface area contributed by atoms with Crippen LogP contribution in [0.1, 0.15) is 39.0 Å². The van der Waals surface area contributed by atoms with Crippen LogP contribution in [-0.2, 0) is 4.74 Å². The number of rotatable bonds is 4. The number of ether oxygens (including phenoxy) is 1. The molecule has 0 aromatic heterocycles. The first-order valence-electron chi connectivity index (χ1n) is 6.38. The molecule has 1 aliphatic heterocycles. The first kappa shape index (κ1) is 11.4. The molecule has 2 rings (SSSR count). The Labute approximate surface area is 93.0 Å². The Kier molecular flexibility index (Phi) is 4.00. The van der Waals surface area contributed by atoms with Crippen LogP contribution in [0.3, 0.4) is 0 Å². The van der Waals surface area contributed by atoms with Crippen LogP contribution in [0.15, 0.2) is 0 Å². The molecule has 0 aromatic carbocycles. The van der Waals surface area contributed by atoms with E-state index in [1.165, 1.54) is 32.1 Å². The molecule has 2 fully saturated rings. The van der Waals surface area contributed by atoms with E-state index in [4.69, 9.17) is 10.5 Å². The van der Waals surface area contributed by atoms with Crippen molar-refractivity contribution < 1.29 is 4.74 Å². The Morgan fingerprint density at radius 3 is 2.33 bits per heavy atom. The van der Waals surface area contributed by atoms with Crippen molar-refractivity contribution in [3.63, 3.8) is 0 Å². The molecule has 3 heteroatoms. The van der Waals surface area contributed by atoms with Gasteiger partial charge in [0.25, 0.3) is 0 Å². The lowest BCUT2D eigenvalue weighted by atomic mass is 9.91. The largest absolute Gasteiger partial charge is 0.378 e. The van der Waals surface area contributed by atoms with E-state index in [2.05, 4.69) is 11.8 Å². The second kappa shape index (κ2) is 5.28. The van der Waals surface area contributed by atoms with E-state index in [9.17, 15) is 0 Å². The topological polar surface area (TPSA) is 38.5 Å². The molecule has 2 N–H and O–H groups in total. The SMILES string of the molecule is CC(CN)N(C1CCCCC1)C1COC1. The lowest BCUT2D eigenvalue weighted by molar-refractivity contribution is -0.0966. The van der Waals surface area contributed by atoms with Crippen LogP contribution in [0.5, 0.6) is 0 Å². The summed E-state index contributed by atoms with van der Waals surface area (Å²) in [4.78, 5) is 2.64. The van der Waals surface area contributed by atoms with Crippen molar-refractivity contribution in [1.82, 2.24) is 4.90 Å². The van der Waals surface area contributed by atoms with Gasteiger partial charge in [-0.15, -0.1) is 0 Å². The molecule has 1 saturated heterocycles. The summed E-state index contributed by atoms with van der Waals surface area (Å²) in [7, 11) is 0. The van der Waals surface area contributed by atoms with Gasteiger partial charge < -0.3 is 10.5 Å². The molecule has 15 heavy (non-hydrogen) atoms. The summed E-state index contributed by atoms with van der Waals surface area (Å²) in [5.74, 6) is 0. The van der Waals surface area contributed by atoms with Crippen molar-refractivity contribution in [3.05, 3.63) is 0 Å². The molecule has 0 aromatic rings. The second-order valence-corrected chi connectivity index (χ2v) is 5.02. The van der Waals surface area contributed by atoms with Crippen LogP contribution in [0.2, 0.25) is 0 Å². The number of nitrogens with zero attached hydrogens (tertiary/aromatic N) is 1. The van der Waals surface area contributed by atoms with E-state index < -0.39 is 0 Å². The summed E-state index contributed by atoms with van der Waals surface area (Å²) in [6.45, 7) is 4.86. The van der Waals surface area contributed by atoms with Gasteiger partial charge >= 0.3 is 0 Å². The van der Waals surface area contributed by atoms with Crippen molar-refractivity contribution in [2.45, 2.75) is 57.2 Å². The monoisotopic (exact) mass is 212 g/mol. The van der Waals surface area contributed by atoms with Crippen LogP contribution in [0.25, 0.3) is 0 Å². The highest BCUT2D eigenvalue weighted by Gasteiger charge is 2.34. The minimum atomic E-state index is 0.516. The molecule has 3 nitrogen and oxygen atoms in total. The van der Waals surface area contributed by atoms with Crippen LogP contribution >= 0.6 is 0 Å². The minimum Gasteiger partial charge on any atom is -0.378 e. The summed E-state index contributed by atoms with van der Waals surface area (Å²) < 4.78 is 5.32. The zero-order valence-electron chi connectivity index (χ0n) is 9.82. The van der Waals surface area contributed by atoms with Gasteiger partial charge in [-0.3, -0.25) is 4.90 Å². The fourth-order valence-electron chi connectivity index (χ4n) is 2.91. The lowest BCUT2D eigenvalue weighted by Gasteiger charge is -2.46. The van der Waals surface area contributed by atoms with Crippen molar-refractivity contribution in [2.24, 2.45) is 5.73 Å². The summed E-state index contributed by atoms with van der Waals surface area (Å²) >= 11 is 0. The average Bonchev–Trinajstić information content (AvgIpc) is 2.23. The quantitative estimate of drug-likeness (QED) is 0.765. The standard InChI is InChI=1S/C12H24N2O/c1-10(7-13)14(12-8-15-9-12)11-5-3-2-4-6-11/h10-12H,2-9,13H2,1H3. The van der Waals surface area contributed by atoms with Crippen molar-refractivity contribution in [1.29, 1.82) is 0 Å². The normalized spacial score (nSPS) is 26.6. The third-order valence-electron chi connectivity index (χ3n) is 3.89. The van der Waals surface area contributed by atoms with E-state index >= 15 is 0 Å². The number of hydrogen-bond acceptors (Lipinski definition) is 3. The Morgan fingerprint density at radius 2 is 1.87 bits per heavy atom. The van der Waals surface area contributed by atoms with Crippen LogP contribution in [0, 0.1) is 0 Å². The number of nitrogens with two attached hydrogens (primary N) is 1. The van der Waals surface area contributed by atoms with Gasteiger partial charge in [-0.2, -0.15) is 0 Å². The highest BCUT2D eigenvalue weighted by Crippen LogP contribution is 2.27. The minimum absolute atomic E-state index is 0.516. The van der Waals surface area contributed by atoms with Gasteiger partial charge in [-0.1, -0.05) is 19.3 Å². The van der Waals surface area contributed by atoms with Crippen LogP contribution < -0.4 is 5.73 Å². The molecule has 1 saturated carbocycles. The van der Waals surface area contributed by atoms with Gasteiger partial charge in [-0.25, -0.2) is 0 Å². The predicted molar refractivity (Wildman–Crippen MR) is 61.8 cm³/mol. The van der Waals surface area contributed by atoms with Gasteiger partial charge in [0.15, 0.2) is 0 Å². The summed E-state index contributed by atoms with van der Waals surface area (Å²) in [6.07, 6.45) is 6.93. The highest BCUT2D eigenvalue weighted by atomic mass is 16.5. The molecule has 0 spiro atoms. The van der Waals surface area contributed by atoms with E-state index in [0.29, 0.717) is 12.1 Å². The Morgan fingerprint density at radius 1 is 1.20 bits per heavy atom. The summed E-state index contributed by atoms with van der Waals surface area (Å²) in [5.41, 5.74) is 5.81. The third-order valence-corrected chi connectivity index (χ3v) is 3.89.